The Bertz CT molecular complexity index is 820. The lowest BCUT2D eigenvalue weighted by molar-refractivity contribution is -0.142. The molecule has 0 aliphatic heterocycles. The molecule has 0 spiro atoms. The van der Waals surface area contributed by atoms with E-state index in [0.717, 1.165) is 5.56 Å². The Labute approximate surface area is 163 Å². The molecule has 2 aromatic rings. The Balaban J connectivity index is 1.72. The minimum absolute atomic E-state index is 0.124. The first-order chi connectivity index (χ1) is 12.5. The zero-order valence-corrected chi connectivity index (χ0v) is 16.0. The van der Waals surface area contributed by atoms with Crippen molar-refractivity contribution in [2.24, 2.45) is 5.41 Å². The van der Waals surface area contributed by atoms with Gasteiger partial charge < -0.3 is 10.2 Å². The van der Waals surface area contributed by atoms with E-state index >= 15 is 0 Å². The van der Waals surface area contributed by atoms with Crippen LogP contribution >= 0.6 is 23.2 Å². The van der Waals surface area contributed by atoms with Gasteiger partial charge in [0.05, 0.1) is 10.0 Å². The molecular formula is C20H20Cl2N2O2. The van der Waals surface area contributed by atoms with Crippen LogP contribution in [0.2, 0.25) is 10.0 Å². The predicted octanol–water partition coefficient (Wildman–Crippen LogP) is 4.76. The largest absolute Gasteiger partial charge is 0.338 e. The summed E-state index contributed by atoms with van der Waals surface area (Å²) in [5.74, 6) is -0.409. The Morgan fingerprint density at radius 2 is 1.77 bits per heavy atom. The number of nitrogens with one attached hydrogen (secondary N) is 1. The van der Waals surface area contributed by atoms with Crippen LogP contribution in [-0.4, -0.2) is 23.3 Å². The van der Waals surface area contributed by atoms with E-state index in [1.807, 2.05) is 37.3 Å². The van der Waals surface area contributed by atoms with Gasteiger partial charge >= 0.3 is 0 Å². The summed E-state index contributed by atoms with van der Waals surface area (Å²) in [5, 5.41) is 3.59. The molecule has 0 unspecified atom stereocenters. The Morgan fingerprint density at radius 3 is 2.35 bits per heavy atom. The lowest BCUT2D eigenvalue weighted by atomic mass is 10.0. The number of halogens is 2. The SMILES string of the molecule is CCN(Cc1ccccc1)C(=O)C1(C(=O)Nc2ccc(Cl)c(Cl)c2)CC1. The molecule has 1 aliphatic rings. The fourth-order valence-corrected chi connectivity index (χ4v) is 3.22. The average molecular weight is 391 g/mol. The number of hydrogen-bond acceptors (Lipinski definition) is 2. The number of benzene rings is 2. The third kappa shape index (κ3) is 3.87. The maximum atomic E-state index is 13.0. The first-order valence-electron chi connectivity index (χ1n) is 8.56. The molecule has 0 bridgehead atoms. The van der Waals surface area contributed by atoms with E-state index in [0.29, 0.717) is 41.7 Å². The van der Waals surface area contributed by atoms with Crippen LogP contribution in [0, 0.1) is 5.41 Å². The summed E-state index contributed by atoms with van der Waals surface area (Å²) < 4.78 is 0. The lowest BCUT2D eigenvalue weighted by Gasteiger charge is -2.26. The molecule has 0 aromatic heterocycles. The molecule has 3 rings (SSSR count). The molecule has 4 nitrogen and oxygen atoms in total. The number of anilines is 1. The molecule has 26 heavy (non-hydrogen) atoms. The lowest BCUT2D eigenvalue weighted by Crippen LogP contribution is -2.42. The summed E-state index contributed by atoms with van der Waals surface area (Å²) >= 11 is 11.9. The molecule has 0 heterocycles. The van der Waals surface area contributed by atoms with Crippen LogP contribution in [0.3, 0.4) is 0 Å². The second-order valence-corrected chi connectivity index (χ2v) is 7.28. The highest BCUT2D eigenvalue weighted by Crippen LogP contribution is 2.48. The zero-order valence-electron chi connectivity index (χ0n) is 14.5. The van der Waals surface area contributed by atoms with E-state index in [4.69, 9.17) is 23.2 Å². The molecule has 0 atom stereocenters. The summed E-state index contributed by atoms with van der Waals surface area (Å²) in [7, 11) is 0. The third-order valence-electron chi connectivity index (χ3n) is 4.66. The van der Waals surface area contributed by atoms with Gasteiger partial charge in [0, 0.05) is 18.8 Å². The van der Waals surface area contributed by atoms with E-state index in [1.165, 1.54) is 0 Å². The van der Waals surface area contributed by atoms with Crippen LogP contribution in [0.1, 0.15) is 25.3 Å². The fourth-order valence-electron chi connectivity index (χ4n) is 2.92. The molecule has 0 saturated heterocycles. The maximum Gasteiger partial charge on any atom is 0.240 e. The van der Waals surface area contributed by atoms with Crippen molar-refractivity contribution in [2.75, 3.05) is 11.9 Å². The van der Waals surface area contributed by atoms with Crippen molar-refractivity contribution in [1.82, 2.24) is 4.90 Å². The Kier molecular flexibility index (Phi) is 5.54. The van der Waals surface area contributed by atoms with Gasteiger partial charge in [-0.05, 0) is 43.5 Å². The third-order valence-corrected chi connectivity index (χ3v) is 5.40. The van der Waals surface area contributed by atoms with Crippen LogP contribution in [0.15, 0.2) is 48.5 Å². The van der Waals surface area contributed by atoms with E-state index in [9.17, 15) is 9.59 Å². The normalized spacial score (nSPS) is 14.6. The van der Waals surface area contributed by atoms with Gasteiger partial charge in [0.1, 0.15) is 5.41 Å². The first-order valence-corrected chi connectivity index (χ1v) is 9.31. The van der Waals surface area contributed by atoms with Crippen LogP contribution in [0.25, 0.3) is 0 Å². The standard InChI is InChI=1S/C20H20Cl2N2O2/c1-2-24(13-14-6-4-3-5-7-14)19(26)20(10-11-20)18(25)23-15-8-9-16(21)17(22)12-15/h3-9,12H,2,10-11,13H2,1H3,(H,23,25). The number of rotatable bonds is 6. The summed E-state index contributed by atoms with van der Waals surface area (Å²) in [6.07, 6.45) is 1.12. The van der Waals surface area contributed by atoms with Gasteiger partial charge in [0.15, 0.2) is 0 Å². The Morgan fingerprint density at radius 1 is 1.08 bits per heavy atom. The minimum Gasteiger partial charge on any atom is -0.338 e. The highest BCUT2D eigenvalue weighted by atomic mass is 35.5. The quantitative estimate of drug-likeness (QED) is 0.722. The van der Waals surface area contributed by atoms with Gasteiger partial charge in [-0.25, -0.2) is 0 Å². The number of nitrogens with zero attached hydrogens (tertiary/aromatic N) is 1. The van der Waals surface area contributed by atoms with Gasteiger partial charge in [-0.15, -0.1) is 0 Å². The van der Waals surface area contributed by atoms with Crippen molar-refractivity contribution in [1.29, 1.82) is 0 Å². The summed E-state index contributed by atoms with van der Waals surface area (Å²) in [4.78, 5) is 27.5. The van der Waals surface area contributed by atoms with Crippen molar-refractivity contribution in [2.45, 2.75) is 26.3 Å². The van der Waals surface area contributed by atoms with Gasteiger partial charge in [0.2, 0.25) is 11.8 Å². The monoisotopic (exact) mass is 390 g/mol. The molecule has 1 N–H and O–H groups in total. The average Bonchev–Trinajstić information content (AvgIpc) is 3.45. The number of carbonyl (C=O) groups excluding carboxylic acids is 2. The molecule has 1 aliphatic carbocycles. The van der Waals surface area contributed by atoms with E-state index in [-0.39, 0.29) is 11.8 Å². The van der Waals surface area contributed by atoms with Crippen LogP contribution in [-0.2, 0) is 16.1 Å². The highest BCUT2D eigenvalue weighted by molar-refractivity contribution is 6.42. The predicted molar refractivity (Wildman–Crippen MR) is 104 cm³/mol. The van der Waals surface area contributed by atoms with Gasteiger partial charge in [-0.1, -0.05) is 53.5 Å². The summed E-state index contributed by atoms with van der Waals surface area (Å²) in [6.45, 7) is 2.97. The topological polar surface area (TPSA) is 49.4 Å². The molecule has 2 aromatic carbocycles. The molecule has 6 heteroatoms. The van der Waals surface area contributed by atoms with Gasteiger partial charge in [-0.3, -0.25) is 9.59 Å². The second-order valence-electron chi connectivity index (χ2n) is 6.47. The maximum absolute atomic E-state index is 13.0. The van der Waals surface area contributed by atoms with Crippen molar-refractivity contribution < 1.29 is 9.59 Å². The van der Waals surface area contributed by atoms with Crippen LogP contribution in [0.5, 0.6) is 0 Å². The van der Waals surface area contributed by atoms with Crippen molar-refractivity contribution in [3.8, 4) is 0 Å². The molecule has 0 radical (unpaired) electrons. The van der Waals surface area contributed by atoms with Crippen LogP contribution in [0.4, 0.5) is 5.69 Å². The molecule has 1 fully saturated rings. The van der Waals surface area contributed by atoms with Gasteiger partial charge in [0.25, 0.3) is 0 Å². The van der Waals surface area contributed by atoms with Crippen molar-refractivity contribution in [3.05, 3.63) is 64.1 Å². The molecule has 2 amide bonds. The van der Waals surface area contributed by atoms with Gasteiger partial charge in [-0.2, -0.15) is 0 Å². The number of hydrogen-bond donors (Lipinski definition) is 1. The minimum atomic E-state index is -0.975. The highest BCUT2D eigenvalue weighted by Gasteiger charge is 2.57. The zero-order chi connectivity index (χ0) is 18.7. The summed E-state index contributed by atoms with van der Waals surface area (Å²) in [6, 6.07) is 14.7. The molecule has 136 valence electrons. The molecule has 1 saturated carbocycles. The fraction of sp³-hybridized carbons (Fsp3) is 0.300. The van der Waals surface area contributed by atoms with Crippen molar-refractivity contribution >= 4 is 40.7 Å². The second kappa shape index (κ2) is 7.68. The summed E-state index contributed by atoms with van der Waals surface area (Å²) in [5.41, 5.74) is 0.606. The van der Waals surface area contributed by atoms with E-state index < -0.39 is 5.41 Å². The number of amides is 2. The molecular weight excluding hydrogens is 371 g/mol. The number of carbonyl (C=O) groups is 2. The van der Waals surface area contributed by atoms with Crippen LogP contribution < -0.4 is 5.32 Å². The van der Waals surface area contributed by atoms with E-state index in [2.05, 4.69) is 5.32 Å². The first kappa shape index (κ1) is 18.7. The smallest absolute Gasteiger partial charge is 0.240 e. The Hall–Kier alpha value is -2.04. The van der Waals surface area contributed by atoms with E-state index in [1.54, 1.807) is 23.1 Å². The van der Waals surface area contributed by atoms with Crippen molar-refractivity contribution in [3.63, 3.8) is 0 Å².